The number of benzene rings is 1. The topological polar surface area (TPSA) is 130 Å². The molecular formula is C16H12N6O4S. The molecule has 3 rings (SSSR count). The second-order valence-electron chi connectivity index (χ2n) is 5.33. The summed E-state index contributed by atoms with van der Waals surface area (Å²) in [7, 11) is 0. The fraction of sp³-hybridized carbons (Fsp3) is 0.0625. The molecule has 136 valence electrons. The minimum absolute atomic E-state index is 0.00848. The second-order valence-corrected chi connectivity index (χ2v) is 5.72. The first-order valence-electron chi connectivity index (χ1n) is 7.61. The van der Waals surface area contributed by atoms with E-state index in [0.29, 0.717) is 5.69 Å². The summed E-state index contributed by atoms with van der Waals surface area (Å²) in [5.74, 6) is -2.12. The van der Waals surface area contributed by atoms with Crippen molar-refractivity contribution in [3.05, 3.63) is 58.8 Å². The van der Waals surface area contributed by atoms with Crippen LogP contribution in [0.2, 0.25) is 0 Å². The van der Waals surface area contributed by atoms with Crippen LogP contribution in [0.1, 0.15) is 0 Å². The number of hydrogen-bond acceptors (Lipinski definition) is 8. The maximum Gasteiger partial charge on any atom is 0.287 e. The van der Waals surface area contributed by atoms with Gasteiger partial charge in [-0.15, -0.1) is 0 Å². The van der Waals surface area contributed by atoms with E-state index in [2.05, 4.69) is 20.8 Å². The Kier molecular flexibility index (Phi) is 5.13. The van der Waals surface area contributed by atoms with Gasteiger partial charge >= 0.3 is 0 Å². The minimum Gasteiger partial charge on any atom is -0.301 e. The highest BCUT2D eigenvalue weighted by Crippen LogP contribution is 2.20. The molecule has 2 heterocycles. The number of thiocarbonyl (C=S) groups is 1. The van der Waals surface area contributed by atoms with Crippen molar-refractivity contribution in [1.29, 1.82) is 0 Å². The average molecular weight is 384 g/mol. The molecule has 0 radical (unpaired) electrons. The standard InChI is InChI=1S/C16H12N6O4S/c23-14-12(9-18-20-13-7-6-11(8-17-13)22(25)26)15(24)21(16(27)19-14)10-4-2-1-3-5-10/h1-9,12H,(H,17,20)(H,19,23,27)/b18-9-/t12-/m0/s1. The Labute approximate surface area is 158 Å². The Morgan fingerprint density at radius 1 is 1.26 bits per heavy atom. The lowest BCUT2D eigenvalue weighted by molar-refractivity contribution is -0.385. The fourth-order valence-electron chi connectivity index (χ4n) is 2.28. The molecular weight excluding hydrogens is 372 g/mol. The van der Waals surface area contributed by atoms with Crippen molar-refractivity contribution in [3.63, 3.8) is 0 Å². The molecule has 0 unspecified atom stereocenters. The molecule has 2 amide bonds. The van der Waals surface area contributed by atoms with E-state index < -0.39 is 22.7 Å². The zero-order chi connectivity index (χ0) is 19.4. The monoisotopic (exact) mass is 384 g/mol. The van der Waals surface area contributed by atoms with E-state index in [1.165, 1.54) is 17.0 Å². The van der Waals surface area contributed by atoms with Gasteiger partial charge in [0.05, 0.1) is 10.6 Å². The largest absolute Gasteiger partial charge is 0.301 e. The summed E-state index contributed by atoms with van der Waals surface area (Å²) in [4.78, 5) is 39.8. The van der Waals surface area contributed by atoms with Crippen molar-refractivity contribution in [2.24, 2.45) is 11.0 Å². The van der Waals surface area contributed by atoms with Crippen molar-refractivity contribution in [2.75, 3.05) is 10.3 Å². The number of nitrogens with zero attached hydrogens (tertiary/aromatic N) is 4. The molecule has 1 aliphatic rings. The molecule has 0 spiro atoms. The van der Waals surface area contributed by atoms with Crippen LogP contribution in [0.4, 0.5) is 17.2 Å². The van der Waals surface area contributed by atoms with Gasteiger partial charge in [0.1, 0.15) is 12.0 Å². The van der Waals surface area contributed by atoms with Crippen LogP contribution < -0.4 is 15.6 Å². The Morgan fingerprint density at radius 3 is 2.63 bits per heavy atom. The number of aromatic nitrogens is 1. The summed E-state index contributed by atoms with van der Waals surface area (Å²) in [6.07, 6.45) is 2.18. The molecule has 1 aromatic carbocycles. The van der Waals surface area contributed by atoms with Crippen LogP contribution in [-0.4, -0.2) is 33.0 Å². The van der Waals surface area contributed by atoms with Crippen LogP contribution in [0.15, 0.2) is 53.8 Å². The van der Waals surface area contributed by atoms with Gasteiger partial charge < -0.3 is 5.32 Å². The van der Waals surface area contributed by atoms with Gasteiger partial charge in [-0.05, 0) is 30.4 Å². The molecule has 0 bridgehead atoms. The number of hydrazone groups is 1. The number of carbonyl (C=O) groups excluding carboxylic acids is 2. The first-order valence-corrected chi connectivity index (χ1v) is 8.01. The molecule has 1 saturated heterocycles. The lowest BCUT2D eigenvalue weighted by Gasteiger charge is -2.30. The number of para-hydroxylation sites is 1. The van der Waals surface area contributed by atoms with Gasteiger partial charge in [0, 0.05) is 12.3 Å². The van der Waals surface area contributed by atoms with Gasteiger partial charge in [0.2, 0.25) is 5.91 Å². The van der Waals surface area contributed by atoms with Gasteiger partial charge in [-0.3, -0.25) is 30.0 Å². The molecule has 0 aliphatic carbocycles. The van der Waals surface area contributed by atoms with Crippen LogP contribution in [-0.2, 0) is 9.59 Å². The van der Waals surface area contributed by atoms with E-state index in [0.717, 1.165) is 12.4 Å². The zero-order valence-corrected chi connectivity index (χ0v) is 14.4. The van der Waals surface area contributed by atoms with Gasteiger partial charge in [-0.1, -0.05) is 18.2 Å². The van der Waals surface area contributed by atoms with E-state index in [9.17, 15) is 19.7 Å². The molecule has 1 aromatic heterocycles. The summed E-state index contributed by atoms with van der Waals surface area (Å²) in [6, 6.07) is 11.3. The quantitative estimate of drug-likeness (QED) is 0.262. The van der Waals surface area contributed by atoms with Crippen LogP contribution in [0.3, 0.4) is 0 Å². The van der Waals surface area contributed by atoms with Crippen molar-refractivity contribution < 1.29 is 14.5 Å². The minimum atomic E-state index is -1.19. The van der Waals surface area contributed by atoms with Crippen LogP contribution in [0.5, 0.6) is 0 Å². The normalized spacial score (nSPS) is 17.1. The number of carbonyl (C=O) groups is 2. The highest BCUT2D eigenvalue weighted by Gasteiger charge is 2.38. The Hall–Kier alpha value is -3.73. The third-order valence-corrected chi connectivity index (χ3v) is 3.86. The SMILES string of the molecule is O=C1NC(=S)N(c2ccccc2)C(=O)[C@H]1/C=N\Nc1ccc([N+](=O)[O-])cn1. The fourth-order valence-corrected chi connectivity index (χ4v) is 2.58. The van der Waals surface area contributed by atoms with Crippen molar-refractivity contribution in [2.45, 2.75) is 0 Å². The maximum atomic E-state index is 12.7. The van der Waals surface area contributed by atoms with Crippen LogP contribution in [0.25, 0.3) is 0 Å². The molecule has 1 aliphatic heterocycles. The molecule has 2 aromatic rings. The van der Waals surface area contributed by atoms with E-state index >= 15 is 0 Å². The van der Waals surface area contributed by atoms with Crippen LogP contribution in [0, 0.1) is 16.0 Å². The third-order valence-electron chi connectivity index (χ3n) is 3.58. The third kappa shape index (κ3) is 3.93. The first-order chi connectivity index (χ1) is 13.0. The van der Waals surface area contributed by atoms with Gasteiger partial charge in [-0.2, -0.15) is 5.10 Å². The van der Waals surface area contributed by atoms with Gasteiger partial charge in [-0.25, -0.2) is 4.98 Å². The Bertz CT molecular complexity index is 932. The molecule has 10 nitrogen and oxygen atoms in total. The van der Waals surface area contributed by atoms with Crippen molar-refractivity contribution in [3.8, 4) is 0 Å². The lowest BCUT2D eigenvalue weighted by atomic mass is 10.1. The predicted molar refractivity (Wildman–Crippen MR) is 101 cm³/mol. The summed E-state index contributed by atoms with van der Waals surface area (Å²) >= 11 is 5.09. The highest BCUT2D eigenvalue weighted by atomic mass is 32.1. The summed E-state index contributed by atoms with van der Waals surface area (Å²) in [6.45, 7) is 0. The number of rotatable bonds is 5. The summed E-state index contributed by atoms with van der Waals surface area (Å²) in [5, 5.41) is 16.9. The molecule has 2 N–H and O–H groups in total. The molecule has 1 atom stereocenters. The number of amides is 2. The Balaban J connectivity index is 1.74. The number of nitro groups is 1. The van der Waals surface area contributed by atoms with E-state index in [1.807, 2.05) is 0 Å². The van der Waals surface area contributed by atoms with Gasteiger partial charge in [0.25, 0.3) is 11.6 Å². The summed E-state index contributed by atoms with van der Waals surface area (Å²) in [5.41, 5.74) is 2.87. The first kappa shape index (κ1) is 18.1. The Morgan fingerprint density at radius 2 is 2.00 bits per heavy atom. The zero-order valence-electron chi connectivity index (χ0n) is 13.6. The summed E-state index contributed by atoms with van der Waals surface area (Å²) < 4.78 is 0. The maximum absolute atomic E-state index is 12.7. The van der Waals surface area contributed by atoms with Crippen molar-refractivity contribution >= 4 is 52.6 Å². The van der Waals surface area contributed by atoms with Crippen molar-refractivity contribution in [1.82, 2.24) is 10.3 Å². The molecule has 1 fully saturated rings. The van der Waals surface area contributed by atoms with E-state index in [-0.39, 0.29) is 16.6 Å². The van der Waals surface area contributed by atoms with E-state index in [1.54, 1.807) is 30.3 Å². The second kappa shape index (κ2) is 7.66. The molecule has 27 heavy (non-hydrogen) atoms. The number of hydrogen-bond donors (Lipinski definition) is 2. The molecule has 0 saturated carbocycles. The number of nitrogens with one attached hydrogen (secondary N) is 2. The van der Waals surface area contributed by atoms with Gasteiger partial charge in [0.15, 0.2) is 11.0 Å². The number of pyridine rings is 1. The number of anilines is 2. The lowest BCUT2D eigenvalue weighted by Crippen LogP contribution is -2.58. The average Bonchev–Trinajstić information content (AvgIpc) is 2.65. The highest BCUT2D eigenvalue weighted by molar-refractivity contribution is 7.80. The molecule has 11 heteroatoms. The van der Waals surface area contributed by atoms with Crippen LogP contribution >= 0.6 is 12.2 Å². The predicted octanol–water partition coefficient (Wildman–Crippen LogP) is 1.45. The van der Waals surface area contributed by atoms with E-state index in [4.69, 9.17) is 12.2 Å². The smallest absolute Gasteiger partial charge is 0.287 e.